The van der Waals surface area contributed by atoms with Crippen LogP contribution in [0.1, 0.15) is 48.7 Å². The van der Waals surface area contributed by atoms with Gasteiger partial charge in [-0.25, -0.2) is 13.1 Å². The number of sulfonamides is 1. The Balaban J connectivity index is 1.72. The van der Waals surface area contributed by atoms with E-state index in [1.54, 1.807) is 0 Å². The molecule has 2 unspecified atom stereocenters. The predicted octanol–water partition coefficient (Wildman–Crippen LogP) is 3.02. The highest BCUT2D eigenvalue weighted by Gasteiger charge is 2.23. The van der Waals surface area contributed by atoms with Crippen molar-refractivity contribution in [3.8, 4) is 5.75 Å². The van der Waals surface area contributed by atoms with Gasteiger partial charge in [0.2, 0.25) is 10.0 Å². The minimum atomic E-state index is -3.58. The molecule has 0 fully saturated rings. The van der Waals surface area contributed by atoms with Gasteiger partial charge in [-0.15, -0.1) is 0 Å². The highest BCUT2D eigenvalue weighted by Crippen LogP contribution is 2.31. The van der Waals surface area contributed by atoms with Crippen molar-refractivity contribution in [2.45, 2.75) is 43.7 Å². The van der Waals surface area contributed by atoms with Crippen molar-refractivity contribution >= 4 is 15.9 Å². The summed E-state index contributed by atoms with van der Waals surface area (Å²) in [5, 5.41) is 3.01. The molecule has 1 aliphatic rings. The average Bonchev–Trinajstić information content (AvgIpc) is 2.68. The lowest BCUT2D eigenvalue weighted by Crippen LogP contribution is -2.33. The van der Waals surface area contributed by atoms with Gasteiger partial charge < -0.3 is 10.1 Å². The molecule has 2 atom stereocenters. The van der Waals surface area contributed by atoms with Crippen molar-refractivity contribution < 1.29 is 17.9 Å². The third-order valence-electron chi connectivity index (χ3n) is 4.66. The zero-order chi connectivity index (χ0) is 19.4. The number of carbonyl (C=O) groups is 1. The maximum atomic E-state index is 12.6. The zero-order valence-electron chi connectivity index (χ0n) is 15.4. The maximum absolute atomic E-state index is 12.6. The number of hydrogen-bond donors (Lipinski definition) is 2. The van der Waals surface area contributed by atoms with Gasteiger partial charge in [-0.3, -0.25) is 4.79 Å². The molecule has 3 rings (SSSR count). The van der Waals surface area contributed by atoms with Crippen LogP contribution in [0.2, 0.25) is 0 Å². The summed E-state index contributed by atoms with van der Waals surface area (Å²) in [7, 11) is -3.58. The van der Waals surface area contributed by atoms with Crippen LogP contribution in [0.5, 0.6) is 5.75 Å². The van der Waals surface area contributed by atoms with E-state index in [9.17, 15) is 13.2 Å². The molecule has 0 radical (unpaired) electrons. The quantitative estimate of drug-likeness (QED) is 0.797. The third kappa shape index (κ3) is 4.48. The minimum absolute atomic E-state index is 0.127. The van der Waals surface area contributed by atoms with Gasteiger partial charge in [0, 0.05) is 23.6 Å². The molecule has 1 aliphatic heterocycles. The minimum Gasteiger partial charge on any atom is -0.493 e. The standard InChI is InChI=1S/C20H24N2O4S/c1-3-14(2)22-27(24,25)16-10-8-15(9-11-16)20(23)21-18-12-13-26-19-7-5-4-6-17(18)19/h4-11,14,18,22H,3,12-13H2,1-2H3,(H,21,23). The first-order chi connectivity index (χ1) is 12.9. The van der Waals surface area contributed by atoms with Crippen LogP contribution in [0, 0.1) is 0 Å². The van der Waals surface area contributed by atoms with Crippen LogP contribution in [0.15, 0.2) is 53.4 Å². The summed E-state index contributed by atoms with van der Waals surface area (Å²) in [5.74, 6) is 0.544. The van der Waals surface area contributed by atoms with Crippen LogP contribution in [-0.4, -0.2) is 27.0 Å². The lowest BCUT2D eigenvalue weighted by atomic mass is 10.00. The van der Waals surface area contributed by atoms with Crippen molar-refractivity contribution in [1.29, 1.82) is 0 Å². The molecule has 27 heavy (non-hydrogen) atoms. The molecule has 0 spiro atoms. The zero-order valence-corrected chi connectivity index (χ0v) is 16.3. The van der Waals surface area contributed by atoms with E-state index in [2.05, 4.69) is 10.0 Å². The van der Waals surface area contributed by atoms with Gasteiger partial charge in [-0.1, -0.05) is 25.1 Å². The van der Waals surface area contributed by atoms with Gasteiger partial charge in [-0.2, -0.15) is 0 Å². The van der Waals surface area contributed by atoms with Crippen molar-refractivity contribution in [3.63, 3.8) is 0 Å². The topological polar surface area (TPSA) is 84.5 Å². The van der Waals surface area contributed by atoms with E-state index in [0.717, 1.165) is 11.3 Å². The average molecular weight is 388 g/mol. The van der Waals surface area contributed by atoms with Crippen molar-refractivity contribution in [3.05, 3.63) is 59.7 Å². The van der Waals surface area contributed by atoms with Crippen LogP contribution >= 0.6 is 0 Å². The monoisotopic (exact) mass is 388 g/mol. The van der Waals surface area contributed by atoms with E-state index in [1.165, 1.54) is 24.3 Å². The summed E-state index contributed by atoms with van der Waals surface area (Å²) in [6.45, 7) is 4.26. The van der Waals surface area contributed by atoms with Crippen molar-refractivity contribution in [2.75, 3.05) is 6.61 Å². The number of ether oxygens (including phenoxy) is 1. The molecule has 2 N–H and O–H groups in total. The summed E-state index contributed by atoms with van der Waals surface area (Å²) < 4.78 is 32.8. The Bertz CT molecular complexity index is 910. The number of carbonyl (C=O) groups excluding carboxylic acids is 1. The number of rotatable bonds is 6. The Morgan fingerprint density at radius 2 is 1.89 bits per heavy atom. The van der Waals surface area contributed by atoms with Crippen LogP contribution in [0.25, 0.3) is 0 Å². The second-order valence-corrected chi connectivity index (χ2v) is 8.37. The van der Waals surface area contributed by atoms with Crippen LogP contribution < -0.4 is 14.8 Å². The molecule has 0 bridgehead atoms. The Hall–Kier alpha value is -2.38. The summed E-state index contributed by atoms with van der Waals surface area (Å²) >= 11 is 0. The lowest BCUT2D eigenvalue weighted by molar-refractivity contribution is 0.0924. The van der Waals surface area contributed by atoms with Gasteiger partial charge in [0.15, 0.2) is 0 Å². The Morgan fingerprint density at radius 3 is 2.59 bits per heavy atom. The van der Waals surface area contributed by atoms with Gasteiger partial charge in [0.05, 0.1) is 17.5 Å². The molecular formula is C20H24N2O4S. The Labute approximate surface area is 160 Å². The molecule has 0 saturated heterocycles. The number of benzene rings is 2. The fourth-order valence-electron chi connectivity index (χ4n) is 2.94. The van der Waals surface area contributed by atoms with Gasteiger partial charge in [-0.05, 0) is 43.7 Å². The Morgan fingerprint density at radius 1 is 1.19 bits per heavy atom. The molecular weight excluding hydrogens is 364 g/mol. The molecule has 0 aromatic heterocycles. The molecule has 2 aromatic carbocycles. The van der Waals surface area contributed by atoms with E-state index >= 15 is 0 Å². The molecule has 0 saturated carbocycles. The largest absolute Gasteiger partial charge is 0.493 e. The normalized spacial score (nSPS) is 17.5. The highest BCUT2D eigenvalue weighted by molar-refractivity contribution is 7.89. The predicted molar refractivity (Wildman–Crippen MR) is 103 cm³/mol. The van der Waals surface area contributed by atoms with E-state index in [4.69, 9.17) is 4.74 Å². The van der Waals surface area contributed by atoms with Crippen molar-refractivity contribution in [1.82, 2.24) is 10.0 Å². The van der Waals surface area contributed by atoms with E-state index < -0.39 is 10.0 Å². The smallest absolute Gasteiger partial charge is 0.251 e. The molecule has 2 aromatic rings. The van der Waals surface area contributed by atoms with Gasteiger partial charge >= 0.3 is 0 Å². The van der Waals surface area contributed by atoms with Gasteiger partial charge in [0.1, 0.15) is 5.75 Å². The second-order valence-electron chi connectivity index (χ2n) is 6.66. The molecule has 0 aliphatic carbocycles. The summed E-state index contributed by atoms with van der Waals surface area (Å²) in [6, 6.07) is 13.3. The van der Waals surface area contributed by atoms with Crippen LogP contribution in [0.3, 0.4) is 0 Å². The van der Waals surface area contributed by atoms with Crippen LogP contribution in [0.4, 0.5) is 0 Å². The summed E-state index contributed by atoms with van der Waals surface area (Å²) in [4.78, 5) is 12.7. The molecule has 7 heteroatoms. The SMILES string of the molecule is CCC(C)NS(=O)(=O)c1ccc(C(=O)NC2CCOc3ccccc32)cc1. The highest BCUT2D eigenvalue weighted by atomic mass is 32.2. The van der Waals surface area contributed by atoms with E-state index in [0.29, 0.717) is 25.0 Å². The maximum Gasteiger partial charge on any atom is 0.251 e. The molecule has 1 heterocycles. The van der Waals surface area contributed by atoms with Crippen molar-refractivity contribution in [2.24, 2.45) is 0 Å². The van der Waals surface area contributed by atoms with Crippen LogP contribution in [-0.2, 0) is 10.0 Å². The number of hydrogen-bond acceptors (Lipinski definition) is 4. The van der Waals surface area contributed by atoms with Gasteiger partial charge in [0.25, 0.3) is 5.91 Å². The first-order valence-corrected chi connectivity index (χ1v) is 10.5. The van der Waals surface area contributed by atoms with E-state index in [-0.39, 0.29) is 22.9 Å². The molecule has 6 nitrogen and oxygen atoms in total. The molecule has 1 amide bonds. The first-order valence-electron chi connectivity index (χ1n) is 9.05. The number of fused-ring (bicyclic) bond motifs is 1. The first kappa shape index (κ1) is 19.4. The third-order valence-corrected chi connectivity index (χ3v) is 6.26. The lowest BCUT2D eigenvalue weighted by Gasteiger charge is -2.26. The van der Waals surface area contributed by atoms with E-state index in [1.807, 2.05) is 38.1 Å². The molecule has 144 valence electrons. The number of para-hydroxylation sites is 1. The summed E-state index contributed by atoms with van der Waals surface area (Å²) in [6.07, 6.45) is 1.39. The summed E-state index contributed by atoms with van der Waals surface area (Å²) in [5.41, 5.74) is 1.37. The second kappa shape index (κ2) is 8.10. The number of nitrogens with one attached hydrogen (secondary N) is 2. The fourth-order valence-corrected chi connectivity index (χ4v) is 4.26. The Kier molecular flexibility index (Phi) is 5.82. The number of amides is 1. The fraction of sp³-hybridized carbons (Fsp3) is 0.350.